The molecule has 3 aromatic rings. The lowest BCUT2D eigenvalue weighted by molar-refractivity contribution is 0.138. The van der Waals surface area contributed by atoms with Gasteiger partial charge >= 0.3 is 6.03 Å². The third kappa shape index (κ3) is 4.71. The fourth-order valence-corrected chi connectivity index (χ4v) is 5.40. The molecule has 5 nitrogen and oxygen atoms in total. The van der Waals surface area contributed by atoms with Crippen LogP contribution >= 0.6 is 22.7 Å². The summed E-state index contributed by atoms with van der Waals surface area (Å²) >= 11 is 3.39. The number of nitrogens with zero attached hydrogens (tertiary/aromatic N) is 2. The summed E-state index contributed by atoms with van der Waals surface area (Å²) in [5.74, 6) is 0.797. The Hall–Kier alpha value is -1.96. The molecule has 0 spiro atoms. The van der Waals surface area contributed by atoms with Crippen molar-refractivity contribution in [1.29, 1.82) is 0 Å². The van der Waals surface area contributed by atoms with Gasteiger partial charge in [-0.25, -0.2) is 9.78 Å². The number of para-hydroxylation sites is 1. The van der Waals surface area contributed by atoms with Crippen LogP contribution in [0.2, 0.25) is 0 Å². The summed E-state index contributed by atoms with van der Waals surface area (Å²) in [4.78, 5) is 20.8. The predicted octanol–water partition coefficient (Wildman–Crippen LogP) is 4.63. The summed E-state index contributed by atoms with van der Waals surface area (Å²) in [5.41, 5.74) is 0.988. The number of carbonyl (C=O) groups is 1. The van der Waals surface area contributed by atoms with Gasteiger partial charge in [0.2, 0.25) is 0 Å². The number of benzene rings is 1. The molecular formula is C21H26N4OS2. The highest BCUT2D eigenvalue weighted by atomic mass is 32.1. The van der Waals surface area contributed by atoms with Crippen LogP contribution in [0, 0.1) is 5.92 Å². The lowest BCUT2D eigenvalue weighted by atomic mass is 9.97. The van der Waals surface area contributed by atoms with E-state index < -0.39 is 0 Å². The van der Waals surface area contributed by atoms with Crippen LogP contribution in [0.25, 0.3) is 10.2 Å². The first-order chi connectivity index (χ1) is 13.7. The van der Waals surface area contributed by atoms with E-state index in [0.717, 1.165) is 34.2 Å². The smallest absolute Gasteiger partial charge is 0.315 e. The molecular weight excluding hydrogens is 388 g/mol. The molecule has 1 aliphatic heterocycles. The molecule has 2 aromatic heterocycles. The van der Waals surface area contributed by atoms with E-state index in [-0.39, 0.29) is 12.1 Å². The molecule has 2 N–H and O–H groups in total. The molecule has 1 atom stereocenters. The van der Waals surface area contributed by atoms with Gasteiger partial charge in [0, 0.05) is 11.4 Å². The molecule has 7 heteroatoms. The molecule has 148 valence electrons. The van der Waals surface area contributed by atoms with Crippen molar-refractivity contribution in [3.8, 4) is 0 Å². The van der Waals surface area contributed by atoms with Crippen molar-refractivity contribution >= 4 is 38.9 Å². The second kappa shape index (κ2) is 9.03. The highest BCUT2D eigenvalue weighted by molar-refractivity contribution is 7.18. The van der Waals surface area contributed by atoms with Crippen molar-refractivity contribution in [1.82, 2.24) is 20.5 Å². The van der Waals surface area contributed by atoms with Crippen LogP contribution in [0.3, 0.4) is 0 Å². The Bertz CT molecular complexity index is 867. The molecule has 1 unspecified atom stereocenters. The summed E-state index contributed by atoms with van der Waals surface area (Å²) in [6.07, 6.45) is 2.46. The molecule has 3 heterocycles. The zero-order chi connectivity index (χ0) is 19.3. The van der Waals surface area contributed by atoms with Gasteiger partial charge in [-0.1, -0.05) is 25.1 Å². The van der Waals surface area contributed by atoms with Gasteiger partial charge in [-0.2, -0.15) is 0 Å². The number of fused-ring (bicyclic) bond motifs is 1. The van der Waals surface area contributed by atoms with Crippen LogP contribution in [0.1, 0.15) is 35.7 Å². The van der Waals surface area contributed by atoms with Crippen molar-refractivity contribution in [2.45, 2.75) is 32.4 Å². The standard InChI is InChI=1S/C21H26N4OS2/c1-15-8-10-25(11-9-15)17(19-7-4-12-27-19)13-22-21(26)23-14-20-24-16-5-2-3-6-18(16)28-20/h2-7,12,15,17H,8-11,13-14H2,1H3,(H2,22,23,26). The first kappa shape index (κ1) is 19.4. The summed E-state index contributed by atoms with van der Waals surface area (Å²) in [6, 6.07) is 12.4. The normalized spacial score (nSPS) is 16.9. The number of hydrogen-bond donors (Lipinski definition) is 2. The van der Waals surface area contributed by atoms with Crippen molar-refractivity contribution in [2.75, 3.05) is 19.6 Å². The van der Waals surface area contributed by atoms with E-state index in [1.54, 1.807) is 22.7 Å². The minimum Gasteiger partial charge on any atom is -0.336 e. The number of likely N-dealkylation sites (tertiary alicyclic amines) is 1. The first-order valence-corrected chi connectivity index (χ1v) is 11.5. The van der Waals surface area contributed by atoms with Crippen LogP contribution < -0.4 is 10.6 Å². The second-order valence-corrected chi connectivity index (χ2v) is 9.48. The van der Waals surface area contributed by atoms with Gasteiger partial charge in [-0.15, -0.1) is 22.7 Å². The average Bonchev–Trinajstić information content (AvgIpc) is 3.37. The van der Waals surface area contributed by atoms with E-state index in [1.807, 2.05) is 18.2 Å². The molecule has 0 aliphatic carbocycles. The molecule has 1 fully saturated rings. The maximum Gasteiger partial charge on any atom is 0.315 e. The van der Waals surface area contributed by atoms with Crippen molar-refractivity contribution < 1.29 is 4.79 Å². The summed E-state index contributed by atoms with van der Waals surface area (Å²) < 4.78 is 1.15. The Labute approximate surface area is 173 Å². The lowest BCUT2D eigenvalue weighted by Gasteiger charge is -2.36. The number of piperidine rings is 1. The SMILES string of the molecule is CC1CCN(C(CNC(=O)NCc2nc3ccccc3s2)c2cccs2)CC1. The lowest BCUT2D eigenvalue weighted by Crippen LogP contribution is -2.44. The number of hydrogen-bond acceptors (Lipinski definition) is 5. The summed E-state index contributed by atoms with van der Waals surface area (Å²) in [7, 11) is 0. The summed E-state index contributed by atoms with van der Waals surface area (Å²) in [6.45, 7) is 5.60. The van der Waals surface area contributed by atoms with Gasteiger partial charge in [-0.3, -0.25) is 4.90 Å². The van der Waals surface area contributed by atoms with E-state index in [0.29, 0.717) is 13.1 Å². The van der Waals surface area contributed by atoms with Crippen LogP contribution in [0.5, 0.6) is 0 Å². The number of amides is 2. The highest BCUT2D eigenvalue weighted by Crippen LogP contribution is 2.29. The van der Waals surface area contributed by atoms with Gasteiger partial charge < -0.3 is 10.6 Å². The Morgan fingerprint density at radius 3 is 2.79 bits per heavy atom. The Balaban J connectivity index is 1.32. The summed E-state index contributed by atoms with van der Waals surface area (Å²) in [5, 5.41) is 9.07. The number of rotatable bonds is 6. The van der Waals surface area contributed by atoms with E-state index in [2.05, 4.69) is 51.0 Å². The average molecular weight is 415 g/mol. The largest absolute Gasteiger partial charge is 0.336 e. The number of aromatic nitrogens is 1. The highest BCUT2D eigenvalue weighted by Gasteiger charge is 2.25. The van der Waals surface area contributed by atoms with Crippen molar-refractivity contribution in [3.05, 3.63) is 51.7 Å². The second-order valence-electron chi connectivity index (χ2n) is 7.39. The molecule has 1 saturated heterocycles. The number of nitrogens with one attached hydrogen (secondary N) is 2. The zero-order valence-corrected chi connectivity index (χ0v) is 17.7. The topological polar surface area (TPSA) is 57.3 Å². The first-order valence-electron chi connectivity index (χ1n) is 9.82. The van der Waals surface area contributed by atoms with Crippen LogP contribution in [0.4, 0.5) is 4.79 Å². The van der Waals surface area contributed by atoms with Gasteiger partial charge in [0.25, 0.3) is 0 Å². The minimum absolute atomic E-state index is 0.133. The van der Waals surface area contributed by atoms with E-state index in [4.69, 9.17) is 0 Å². The zero-order valence-electron chi connectivity index (χ0n) is 16.1. The minimum atomic E-state index is -0.133. The van der Waals surface area contributed by atoms with Crippen molar-refractivity contribution in [3.63, 3.8) is 0 Å². The van der Waals surface area contributed by atoms with Crippen LogP contribution in [-0.2, 0) is 6.54 Å². The molecule has 1 aromatic carbocycles. The maximum absolute atomic E-state index is 12.4. The molecule has 4 rings (SSSR count). The number of thiazole rings is 1. The number of urea groups is 1. The van der Waals surface area contributed by atoms with Crippen LogP contribution in [0.15, 0.2) is 41.8 Å². The Kier molecular flexibility index (Phi) is 6.24. The predicted molar refractivity (Wildman–Crippen MR) is 117 cm³/mol. The molecule has 1 aliphatic rings. The van der Waals surface area contributed by atoms with Gasteiger partial charge in [0.1, 0.15) is 5.01 Å². The molecule has 0 saturated carbocycles. The Morgan fingerprint density at radius 2 is 2.04 bits per heavy atom. The van der Waals surface area contributed by atoms with Crippen LogP contribution in [-0.4, -0.2) is 35.5 Å². The molecule has 0 radical (unpaired) electrons. The third-order valence-corrected chi connectivity index (χ3v) is 7.33. The molecule has 28 heavy (non-hydrogen) atoms. The third-order valence-electron chi connectivity index (χ3n) is 5.32. The Morgan fingerprint density at radius 1 is 1.21 bits per heavy atom. The van der Waals surface area contributed by atoms with Gasteiger partial charge in [0.15, 0.2) is 0 Å². The van der Waals surface area contributed by atoms with E-state index in [9.17, 15) is 4.79 Å². The van der Waals surface area contributed by atoms with E-state index in [1.165, 1.54) is 17.7 Å². The fraction of sp³-hybridized carbons (Fsp3) is 0.429. The van der Waals surface area contributed by atoms with E-state index >= 15 is 0 Å². The number of thiophene rings is 1. The number of carbonyl (C=O) groups excluding carboxylic acids is 1. The fourth-order valence-electron chi connectivity index (χ4n) is 3.63. The quantitative estimate of drug-likeness (QED) is 0.618. The monoisotopic (exact) mass is 414 g/mol. The molecule has 0 bridgehead atoms. The van der Waals surface area contributed by atoms with Gasteiger partial charge in [-0.05, 0) is 55.4 Å². The maximum atomic E-state index is 12.4. The van der Waals surface area contributed by atoms with Gasteiger partial charge in [0.05, 0.1) is 22.8 Å². The molecule has 2 amide bonds. The van der Waals surface area contributed by atoms with Crippen molar-refractivity contribution in [2.24, 2.45) is 5.92 Å².